The minimum atomic E-state index is -4.93. The number of anilines is 1. The summed E-state index contributed by atoms with van der Waals surface area (Å²) in [4.78, 5) is 22.8. The van der Waals surface area contributed by atoms with E-state index in [2.05, 4.69) is 0 Å². The van der Waals surface area contributed by atoms with Gasteiger partial charge in [0.05, 0.1) is 0 Å². The normalized spacial score (nSPS) is 11.8. The molecular weight excluding hydrogens is 239 g/mol. The third-order valence-corrected chi connectivity index (χ3v) is 2.21. The summed E-state index contributed by atoms with van der Waals surface area (Å²) in [6.07, 6.45) is -3.83. The molecule has 0 aliphatic heterocycles. The molecule has 0 aliphatic carbocycles. The summed E-state index contributed by atoms with van der Waals surface area (Å²) in [5, 5.41) is 0. The molecule has 1 aromatic heterocycles. The van der Waals surface area contributed by atoms with Gasteiger partial charge in [-0.15, -0.1) is 13.2 Å². The Kier molecular flexibility index (Phi) is 3.64. The summed E-state index contributed by atoms with van der Waals surface area (Å²) in [5.74, 6) is -0.903. The first kappa shape index (κ1) is 13.3. The molecule has 0 saturated carbocycles. The van der Waals surface area contributed by atoms with Crippen molar-refractivity contribution in [2.45, 2.75) is 32.6 Å². The molecular formula is C9H12F3N3O2. The van der Waals surface area contributed by atoms with E-state index >= 15 is 0 Å². The van der Waals surface area contributed by atoms with E-state index in [4.69, 9.17) is 5.73 Å². The van der Waals surface area contributed by atoms with Crippen LogP contribution < -0.4 is 17.0 Å². The second kappa shape index (κ2) is 4.64. The van der Waals surface area contributed by atoms with Crippen molar-refractivity contribution in [1.29, 1.82) is 0 Å². The van der Waals surface area contributed by atoms with Gasteiger partial charge in [0.25, 0.3) is 5.56 Å². The fourth-order valence-electron chi connectivity index (χ4n) is 1.37. The molecule has 0 aromatic carbocycles. The molecule has 17 heavy (non-hydrogen) atoms. The van der Waals surface area contributed by atoms with Gasteiger partial charge in [-0.2, -0.15) is 4.57 Å². The highest BCUT2D eigenvalue weighted by atomic mass is 19.4. The molecule has 96 valence electrons. The standard InChI is InChI=1S/C9H12F3N3O2/c1-2-3-4-14-7(16)5-6(13)15(8(14)17)9(10,11)12/h5H,2-4,13H2,1H3. The lowest BCUT2D eigenvalue weighted by atomic mass is 10.3. The molecule has 0 atom stereocenters. The zero-order valence-electron chi connectivity index (χ0n) is 9.12. The van der Waals surface area contributed by atoms with E-state index < -0.39 is 27.9 Å². The van der Waals surface area contributed by atoms with Crippen LogP contribution in [0.1, 0.15) is 19.8 Å². The third kappa shape index (κ3) is 2.69. The first-order valence-electron chi connectivity index (χ1n) is 4.98. The molecule has 5 nitrogen and oxygen atoms in total. The number of hydrogen-bond donors (Lipinski definition) is 1. The predicted octanol–water partition coefficient (Wildman–Crippen LogP) is 0.869. The molecule has 2 N–H and O–H groups in total. The van der Waals surface area contributed by atoms with E-state index in [-0.39, 0.29) is 6.54 Å². The van der Waals surface area contributed by atoms with Gasteiger partial charge in [0.2, 0.25) is 0 Å². The Bertz CT molecular complexity index is 516. The van der Waals surface area contributed by atoms with Crippen LogP contribution in [0.25, 0.3) is 0 Å². The van der Waals surface area contributed by atoms with Gasteiger partial charge in [-0.25, -0.2) is 4.79 Å². The fourth-order valence-corrected chi connectivity index (χ4v) is 1.37. The number of nitrogen functional groups attached to an aromatic ring is 1. The van der Waals surface area contributed by atoms with Gasteiger partial charge in [-0.1, -0.05) is 13.3 Å². The Morgan fingerprint density at radius 3 is 2.41 bits per heavy atom. The lowest BCUT2D eigenvalue weighted by Crippen LogP contribution is -2.44. The maximum atomic E-state index is 12.5. The Morgan fingerprint density at radius 1 is 1.35 bits per heavy atom. The van der Waals surface area contributed by atoms with Crippen molar-refractivity contribution in [3.63, 3.8) is 0 Å². The summed E-state index contributed by atoms with van der Waals surface area (Å²) >= 11 is 0. The molecule has 0 aliphatic rings. The second-order valence-corrected chi connectivity index (χ2v) is 3.50. The molecule has 1 aromatic rings. The lowest BCUT2D eigenvalue weighted by molar-refractivity contribution is -0.205. The third-order valence-electron chi connectivity index (χ3n) is 2.21. The number of aromatic nitrogens is 2. The number of halogens is 3. The van der Waals surface area contributed by atoms with Crippen molar-refractivity contribution in [2.24, 2.45) is 0 Å². The van der Waals surface area contributed by atoms with Gasteiger partial charge in [-0.05, 0) is 6.42 Å². The molecule has 8 heteroatoms. The molecule has 1 heterocycles. The van der Waals surface area contributed by atoms with E-state index in [9.17, 15) is 22.8 Å². The number of nitrogens with two attached hydrogens (primary N) is 1. The molecule has 0 saturated heterocycles. The molecule has 0 radical (unpaired) electrons. The average Bonchev–Trinajstić information content (AvgIpc) is 2.14. The van der Waals surface area contributed by atoms with Crippen molar-refractivity contribution in [3.8, 4) is 0 Å². The van der Waals surface area contributed by atoms with Gasteiger partial charge >= 0.3 is 12.0 Å². The van der Waals surface area contributed by atoms with E-state index in [1.54, 1.807) is 6.92 Å². The fraction of sp³-hybridized carbons (Fsp3) is 0.556. The Balaban J connectivity index is 3.44. The van der Waals surface area contributed by atoms with Gasteiger partial charge in [0.15, 0.2) is 0 Å². The van der Waals surface area contributed by atoms with Crippen molar-refractivity contribution in [1.82, 2.24) is 9.13 Å². The molecule has 1 rings (SSSR count). The number of alkyl halides is 3. The van der Waals surface area contributed by atoms with Crippen LogP contribution >= 0.6 is 0 Å². The van der Waals surface area contributed by atoms with Crippen molar-refractivity contribution < 1.29 is 13.2 Å². The quantitative estimate of drug-likeness (QED) is 0.866. The van der Waals surface area contributed by atoms with Gasteiger partial charge in [0, 0.05) is 12.6 Å². The highest BCUT2D eigenvalue weighted by Crippen LogP contribution is 2.21. The maximum absolute atomic E-state index is 12.5. The van der Waals surface area contributed by atoms with Gasteiger partial charge in [-0.3, -0.25) is 9.36 Å². The largest absolute Gasteiger partial charge is 0.494 e. The highest BCUT2D eigenvalue weighted by molar-refractivity contribution is 5.27. The number of rotatable bonds is 3. The average molecular weight is 251 g/mol. The van der Waals surface area contributed by atoms with Crippen LogP contribution in [-0.4, -0.2) is 9.13 Å². The molecule has 0 amide bonds. The summed E-state index contributed by atoms with van der Waals surface area (Å²) in [7, 11) is 0. The zero-order valence-corrected chi connectivity index (χ0v) is 9.12. The predicted molar refractivity (Wildman–Crippen MR) is 55.6 cm³/mol. The van der Waals surface area contributed by atoms with Crippen LogP contribution in [0.3, 0.4) is 0 Å². The number of nitrogens with zero attached hydrogens (tertiary/aromatic N) is 2. The zero-order chi connectivity index (χ0) is 13.2. The second-order valence-electron chi connectivity index (χ2n) is 3.50. The first-order chi connectivity index (χ1) is 7.79. The summed E-state index contributed by atoms with van der Waals surface area (Å²) in [5.41, 5.74) is 2.77. The molecule has 0 fully saturated rings. The molecule has 0 unspecified atom stereocenters. The highest BCUT2D eigenvalue weighted by Gasteiger charge is 2.35. The summed E-state index contributed by atoms with van der Waals surface area (Å²) in [6, 6.07) is 0.602. The summed E-state index contributed by atoms with van der Waals surface area (Å²) in [6.45, 7) is 1.75. The monoisotopic (exact) mass is 251 g/mol. The van der Waals surface area contributed by atoms with Crippen molar-refractivity contribution in [2.75, 3.05) is 5.73 Å². The van der Waals surface area contributed by atoms with Crippen LogP contribution in [0, 0.1) is 0 Å². The van der Waals surface area contributed by atoms with E-state index in [0.717, 1.165) is 0 Å². The molecule has 0 spiro atoms. The van der Waals surface area contributed by atoms with E-state index in [1.165, 1.54) is 0 Å². The van der Waals surface area contributed by atoms with Crippen LogP contribution in [0.4, 0.5) is 19.0 Å². The van der Waals surface area contributed by atoms with E-state index in [0.29, 0.717) is 23.5 Å². The topological polar surface area (TPSA) is 70.0 Å². The van der Waals surface area contributed by atoms with Crippen LogP contribution in [0.5, 0.6) is 0 Å². The minimum absolute atomic E-state index is 0.0511. The van der Waals surface area contributed by atoms with Crippen LogP contribution in [0.15, 0.2) is 15.7 Å². The Labute approximate surface area is 94.3 Å². The van der Waals surface area contributed by atoms with Crippen LogP contribution in [-0.2, 0) is 12.8 Å². The number of hydrogen-bond acceptors (Lipinski definition) is 3. The Hall–Kier alpha value is -1.73. The van der Waals surface area contributed by atoms with E-state index in [1.807, 2.05) is 0 Å². The number of unbranched alkanes of at least 4 members (excludes halogenated alkanes) is 1. The van der Waals surface area contributed by atoms with Gasteiger partial charge < -0.3 is 5.73 Å². The SMILES string of the molecule is CCCCn1c(=O)cc(N)n(C(F)(F)F)c1=O. The first-order valence-corrected chi connectivity index (χ1v) is 4.98. The van der Waals surface area contributed by atoms with Crippen LogP contribution in [0.2, 0.25) is 0 Å². The lowest BCUT2D eigenvalue weighted by Gasteiger charge is -2.14. The Morgan fingerprint density at radius 2 is 1.94 bits per heavy atom. The van der Waals surface area contributed by atoms with Crippen molar-refractivity contribution >= 4 is 5.82 Å². The minimum Gasteiger partial charge on any atom is -0.385 e. The summed E-state index contributed by atoms with van der Waals surface area (Å²) < 4.78 is 37.5. The van der Waals surface area contributed by atoms with Crippen molar-refractivity contribution in [3.05, 3.63) is 26.9 Å². The maximum Gasteiger partial charge on any atom is 0.494 e. The van der Waals surface area contributed by atoms with Gasteiger partial charge in [0.1, 0.15) is 5.82 Å². The molecule has 0 bridgehead atoms. The smallest absolute Gasteiger partial charge is 0.385 e.